The van der Waals surface area contributed by atoms with E-state index in [1.54, 1.807) is 103 Å². The van der Waals surface area contributed by atoms with Crippen LogP contribution in [0.5, 0.6) is 5.75 Å². The summed E-state index contributed by atoms with van der Waals surface area (Å²) in [6.07, 6.45) is 0. The summed E-state index contributed by atoms with van der Waals surface area (Å²) in [6.45, 7) is 0. The molecule has 0 aliphatic heterocycles. The van der Waals surface area contributed by atoms with E-state index in [1.165, 1.54) is 31.4 Å². The number of carbonyl (C=O) groups is 6. The van der Waals surface area contributed by atoms with Gasteiger partial charge in [0.05, 0.1) is 52.1 Å². The molecule has 0 bridgehead atoms. The Labute approximate surface area is 302 Å². The van der Waals surface area contributed by atoms with Gasteiger partial charge in [0.2, 0.25) is 0 Å². The predicted octanol–water partition coefficient (Wildman–Crippen LogP) is 7.49. The fourth-order valence-electron chi connectivity index (χ4n) is 6.76. The maximum Gasteiger partial charge on any atom is 0.255 e. The number of hydrogen-bond acceptors (Lipinski definition) is 8. The summed E-state index contributed by atoms with van der Waals surface area (Å²) in [5, 5.41) is 8.74. The largest absolute Gasteiger partial charge is 0.497 e. The molecule has 0 fully saturated rings. The lowest BCUT2D eigenvalue weighted by Crippen LogP contribution is -2.26. The molecule has 0 unspecified atom stereocenters. The fraction of sp³-hybridized carbons (Fsp3) is 0.0233. The van der Waals surface area contributed by atoms with Gasteiger partial charge in [-0.3, -0.25) is 28.8 Å². The molecule has 2 amide bonds. The van der Waals surface area contributed by atoms with Gasteiger partial charge in [0.1, 0.15) is 5.75 Å². The van der Waals surface area contributed by atoms with Crippen LogP contribution in [-0.4, -0.2) is 42.1 Å². The molecule has 53 heavy (non-hydrogen) atoms. The summed E-state index contributed by atoms with van der Waals surface area (Å²) >= 11 is 0. The van der Waals surface area contributed by atoms with Crippen LogP contribution in [0.1, 0.15) is 84.4 Å². The second-order valence-corrected chi connectivity index (χ2v) is 12.4. The maximum atomic E-state index is 14.4. The third-order valence-corrected chi connectivity index (χ3v) is 9.27. The van der Waals surface area contributed by atoms with Gasteiger partial charge in [-0.15, -0.1) is 0 Å². The van der Waals surface area contributed by atoms with Crippen LogP contribution in [0.2, 0.25) is 0 Å². The van der Waals surface area contributed by atoms with E-state index in [4.69, 9.17) is 4.74 Å². The normalized spacial score (nSPS) is 12.5. The number of fused-ring (bicyclic) bond motifs is 4. The molecular formula is C43H27N3O7. The first-order valence-electron chi connectivity index (χ1n) is 16.5. The van der Waals surface area contributed by atoms with E-state index < -0.39 is 34.9 Å². The zero-order valence-electron chi connectivity index (χ0n) is 28.0. The van der Waals surface area contributed by atoms with Crippen LogP contribution in [0.4, 0.5) is 22.7 Å². The summed E-state index contributed by atoms with van der Waals surface area (Å²) in [6, 6.07) is 34.0. The van der Waals surface area contributed by atoms with Gasteiger partial charge in [0, 0.05) is 39.4 Å². The van der Waals surface area contributed by atoms with Gasteiger partial charge < -0.3 is 20.7 Å². The molecule has 3 N–H and O–H groups in total. The molecule has 0 heterocycles. The quantitative estimate of drug-likeness (QED) is 0.155. The Kier molecular flexibility index (Phi) is 8.04. The predicted molar refractivity (Wildman–Crippen MR) is 198 cm³/mol. The lowest BCUT2D eigenvalue weighted by atomic mass is 9.81. The van der Waals surface area contributed by atoms with E-state index in [0.29, 0.717) is 11.1 Å². The molecule has 0 saturated carbocycles. The number of anilines is 4. The molecule has 8 rings (SSSR count). The average Bonchev–Trinajstić information content (AvgIpc) is 3.19. The molecule has 10 heteroatoms. The number of benzene rings is 6. The van der Waals surface area contributed by atoms with Crippen LogP contribution in [0, 0.1) is 0 Å². The Morgan fingerprint density at radius 1 is 0.434 bits per heavy atom. The van der Waals surface area contributed by atoms with Gasteiger partial charge in [-0.2, -0.15) is 0 Å². The van der Waals surface area contributed by atoms with Crippen LogP contribution in [-0.2, 0) is 0 Å². The summed E-state index contributed by atoms with van der Waals surface area (Å²) in [5.74, 6) is -2.67. The summed E-state index contributed by atoms with van der Waals surface area (Å²) < 4.78 is 5.46. The molecule has 6 aromatic carbocycles. The number of rotatable bonds is 7. The molecule has 0 spiro atoms. The Morgan fingerprint density at radius 2 is 0.887 bits per heavy atom. The van der Waals surface area contributed by atoms with Crippen molar-refractivity contribution in [2.75, 3.05) is 23.1 Å². The molecular weight excluding hydrogens is 670 g/mol. The first-order chi connectivity index (χ1) is 25.7. The topological polar surface area (TPSA) is 148 Å². The Bertz CT molecular complexity index is 2580. The van der Waals surface area contributed by atoms with Crippen LogP contribution in [0.25, 0.3) is 0 Å². The second kappa shape index (κ2) is 13.0. The molecule has 0 atom stereocenters. The lowest BCUT2D eigenvalue weighted by molar-refractivity contribution is 0.0978. The number of methoxy groups -OCH3 is 1. The first kappa shape index (κ1) is 32.7. The molecule has 0 saturated heterocycles. The SMILES string of the molecule is COc1cc(NC(=O)c2ccccc2)c2c(c1)C(=O)c1c(Nc3ccc(NC(=O)c4ccccc4)c4c3C(=O)c3ccccc3C4=O)cccc1C2=O. The van der Waals surface area contributed by atoms with E-state index in [2.05, 4.69) is 16.0 Å². The minimum Gasteiger partial charge on any atom is -0.497 e. The van der Waals surface area contributed by atoms with Crippen molar-refractivity contribution in [1.82, 2.24) is 0 Å². The van der Waals surface area contributed by atoms with Crippen molar-refractivity contribution in [3.05, 3.63) is 183 Å². The first-order valence-corrected chi connectivity index (χ1v) is 16.5. The highest BCUT2D eigenvalue weighted by Gasteiger charge is 2.37. The molecule has 0 radical (unpaired) electrons. The zero-order chi connectivity index (χ0) is 36.8. The van der Waals surface area contributed by atoms with Crippen LogP contribution < -0.4 is 20.7 Å². The van der Waals surface area contributed by atoms with Crippen molar-refractivity contribution in [3.63, 3.8) is 0 Å². The summed E-state index contributed by atoms with van der Waals surface area (Å²) in [7, 11) is 1.41. The third-order valence-electron chi connectivity index (χ3n) is 9.27. The minimum absolute atomic E-state index is 0.000250. The van der Waals surface area contributed by atoms with Gasteiger partial charge in [-0.05, 0) is 48.5 Å². The zero-order valence-corrected chi connectivity index (χ0v) is 28.0. The van der Waals surface area contributed by atoms with E-state index in [-0.39, 0.29) is 73.0 Å². The molecule has 6 aromatic rings. The third kappa shape index (κ3) is 5.55. The van der Waals surface area contributed by atoms with Crippen molar-refractivity contribution in [2.24, 2.45) is 0 Å². The Morgan fingerprint density at radius 3 is 1.49 bits per heavy atom. The average molecular weight is 698 g/mol. The highest BCUT2D eigenvalue weighted by Crippen LogP contribution is 2.41. The summed E-state index contributed by atoms with van der Waals surface area (Å²) in [5.41, 5.74) is 1.85. The highest BCUT2D eigenvalue weighted by molar-refractivity contribution is 6.34. The van der Waals surface area contributed by atoms with Crippen molar-refractivity contribution in [1.29, 1.82) is 0 Å². The molecule has 2 aliphatic carbocycles. The van der Waals surface area contributed by atoms with Crippen molar-refractivity contribution >= 4 is 57.7 Å². The van der Waals surface area contributed by atoms with Crippen molar-refractivity contribution in [2.45, 2.75) is 0 Å². The van der Waals surface area contributed by atoms with Gasteiger partial charge >= 0.3 is 0 Å². The van der Waals surface area contributed by atoms with Gasteiger partial charge in [0.15, 0.2) is 23.1 Å². The van der Waals surface area contributed by atoms with Gasteiger partial charge in [-0.25, -0.2) is 0 Å². The van der Waals surface area contributed by atoms with Crippen molar-refractivity contribution < 1.29 is 33.5 Å². The number of ketones is 4. The monoisotopic (exact) mass is 697 g/mol. The number of nitrogens with one attached hydrogen (secondary N) is 3. The van der Waals surface area contributed by atoms with E-state index in [0.717, 1.165) is 0 Å². The van der Waals surface area contributed by atoms with Crippen LogP contribution in [0.3, 0.4) is 0 Å². The standard InChI is InChI=1S/C43H27N3O7/c1-53-25-21-29-35(33(22-25)46-43(52)24-13-6-3-7-14-24)40(49)28-17-10-18-30(34(28)41(29)50)44-31-19-20-32(45-42(51)23-11-4-2-5-12-23)37-36(31)38(47)26-15-8-9-16-27(26)39(37)48/h2-22,44H,1H3,(H,45,51)(H,46,52). The molecule has 0 aromatic heterocycles. The van der Waals surface area contributed by atoms with E-state index in [9.17, 15) is 28.8 Å². The van der Waals surface area contributed by atoms with Gasteiger partial charge in [0.25, 0.3) is 11.8 Å². The highest BCUT2D eigenvalue weighted by atomic mass is 16.5. The Hall–Kier alpha value is -7.46. The Balaban J connectivity index is 1.22. The van der Waals surface area contributed by atoms with Crippen LogP contribution >= 0.6 is 0 Å². The number of ether oxygens (including phenoxy) is 1. The maximum absolute atomic E-state index is 14.4. The molecule has 10 nitrogen and oxygen atoms in total. The van der Waals surface area contributed by atoms with Gasteiger partial charge in [-0.1, -0.05) is 72.8 Å². The number of amides is 2. The molecule has 256 valence electrons. The van der Waals surface area contributed by atoms with E-state index in [1.807, 2.05) is 0 Å². The minimum atomic E-state index is -0.528. The number of carbonyl (C=O) groups excluding carboxylic acids is 6. The van der Waals surface area contributed by atoms with Crippen LogP contribution in [0.15, 0.2) is 127 Å². The lowest BCUT2D eigenvalue weighted by Gasteiger charge is -2.26. The smallest absolute Gasteiger partial charge is 0.255 e. The molecule has 2 aliphatic rings. The number of hydrogen-bond donors (Lipinski definition) is 3. The van der Waals surface area contributed by atoms with E-state index >= 15 is 0 Å². The second-order valence-electron chi connectivity index (χ2n) is 12.4. The van der Waals surface area contributed by atoms with Crippen molar-refractivity contribution in [3.8, 4) is 5.75 Å². The fourth-order valence-corrected chi connectivity index (χ4v) is 6.76. The summed E-state index contributed by atoms with van der Waals surface area (Å²) in [4.78, 5) is 83.2.